The second kappa shape index (κ2) is 16.2. The molecule has 4 nitrogen and oxygen atoms in total. The fourth-order valence-corrected chi connectivity index (χ4v) is 4.24. The number of nitrogens with zero attached hydrogens (tertiary/aromatic N) is 2. The second-order valence-corrected chi connectivity index (χ2v) is 8.19. The van der Waals surface area contributed by atoms with E-state index in [4.69, 9.17) is 14.7 Å². The van der Waals surface area contributed by atoms with Crippen LogP contribution in [0.3, 0.4) is 0 Å². The first-order valence-corrected chi connectivity index (χ1v) is 12.0. The quantitative estimate of drug-likeness (QED) is 0.240. The van der Waals surface area contributed by atoms with E-state index in [-0.39, 0.29) is 12.4 Å². The number of halogens is 1. The van der Waals surface area contributed by atoms with Crippen LogP contribution >= 0.6 is 12.4 Å². The van der Waals surface area contributed by atoms with Gasteiger partial charge in [-0.25, -0.2) is 0 Å². The molecule has 1 saturated carbocycles. The number of oxime groups is 1. The third kappa shape index (κ3) is 9.24. The summed E-state index contributed by atoms with van der Waals surface area (Å²) in [5.41, 5.74) is 3.61. The molecule has 1 aromatic carbocycles. The Labute approximate surface area is 196 Å². The van der Waals surface area contributed by atoms with Gasteiger partial charge in [0, 0.05) is 18.0 Å². The maximum absolute atomic E-state index is 5.86. The number of allylic oxidation sites excluding steroid dienone is 1. The van der Waals surface area contributed by atoms with Crippen LogP contribution < -0.4 is 4.74 Å². The first-order chi connectivity index (χ1) is 14.7. The summed E-state index contributed by atoms with van der Waals surface area (Å²) in [5, 5.41) is 4.72. The zero-order valence-corrected chi connectivity index (χ0v) is 20.9. The van der Waals surface area contributed by atoms with Gasteiger partial charge < -0.3 is 14.5 Å². The molecule has 0 aromatic heterocycles. The molecule has 31 heavy (non-hydrogen) atoms. The van der Waals surface area contributed by atoms with Crippen LogP contribution in [0.4, 0.5) is 0 Å². The van der Waals surface area contributed by atoms with E-state index >= 15 is 0 Å². The lowest BCUT2D eigenvalue weighted by Crippen LogP contribution is -2.27. The highest BCUT2D eigenvalue weighted by molar-refractivity contribution is 6.05. The van der Waals surface area contributed by atoms with E-state index in [2.05, 4.69) is 43.9 Å². The molecular formula is C26H43ClN2O2. The molecule has 1 aromatic rings. The number of methoxy groups -OCH3 is 1. The van der Waals surface area contributed by atoms with E-state index in [1.54, 1.807) is 7.11 Å². The fourth-order valence-electron chi connectivity index (χ4n) is 4.24. The first-order valence-electron chi connectivity index (χ1n) is 12.0. The average molecular weight is 451 g/mol. The molecule has 0 heterocycles. The number of likely N-dealkylation sites (N-methyl/N-ethyl adjacent to an activating group) is 1. The Balaban J connectivity index is 0.00000480. The number of hydrogen-bond acceptors (Lipinski definition) is 4. The monoisotopic (exact) mass is 450 g/mol. The number of hydrogen-bond donors (Lipinski definition) is 0. The molecule has 1 unspecified atom stereocenters. The Bertz CT molecular complexity index is 671. The van der Waals surface area contributed by atoms with Crippen molar-refractivity contribution in [1.29, 1.82) is 0 Å². The molecule has 2 rings (SSSR count). The average Bonchev–Trinajstić information content (AvgIpc) is 2.78. The van der Waals surface area contributed by atoms with Gasteiger partial charge in [0.05, 0.1) is 12.8 Å². The van der Waals surface area contributed by atoms with Crippen molar-refractivity contribution in [2.45, 2.75) is 72.1 Å². The molecule has 0 radical (unpaired) electrons. The van der Waals surface area contributed by atoms with Crippen LogP contribution in [0.15, 0.2) is 35.0 Å². The maximum Gasteiger partial charge on any atom is 0.129 e. The van der Waals surface area contributed by atoms with Gasteiger partial charge in [-0.1, -0.05) is 69.8 Å². The smallest absolute Gasteiger partial charge is 0.129 e. The van der Waals surface area contributed by atoms with E-state index in [1.165, 1.54) is 56.2 Å². The third-order valence-electron chi connectivity index (χ3n) is 6.15. The van der Waals surface area contributed by atoms with Gasteiger partial charge in [0.1, 0.15) is 12.4 Å². The molecule has 0 aliphatic heterocycles. The van der Waals surface area contributed by atoms with Crippen LogP contribution in [0.1, 0.15) is 77.7 Å². The van der Waals surface area contributed by atoms with Gasteiger partial charge in [-0.05, 0) is 56.5 Å². The Morgan fingerprint density at radius 2 is 1.87 bits per heavy atom. The largest absolute Gasteiger partial charge is 0.496 e. The van der Waals surface area contributed by atoms with Crippen LogP contribution in [0.5, 0.6) is 5.75 Å². The van der Waals surface area contributed by atoms with E-state index in [0.717, 1.165) is 37.4 Å². The van der Waals surface area contributed by atoms with Gasteiger partial charge in [0.15, 0.2) is 0 Å². The van der Waals surface area contributed by atoms with E-state index in [0.29, 0.717) is 12.5 Å². The zero-order chi connectivity index (χ0) is 21.6. The highest BCUT2D eigenvalue weighted by atomic mass is 35.5. The van der Waals surface area contributed by atoms with Crippen LogP contribution in [-0.2, 0) is 4.84 Å². The number of ether oxygens (including phenoxy) is 1. The molecule has 176 valence electrons. The topological polar surface area (TPSA) is 34.1 Å². The standard InChI is InChI=1S/C26H42N2O2.ClH/c1-5-8-9-10-14-22-16-13-17-24(21-23-15-11-12-18-25(23)29-4)26(22)27-30-20-19-28(6-2)7-3;/h11-12,15,18,21-22H,5-10,13-14,16-17,19-20H2,1-4H3;1H/b24-21+,27-26+;. The SMILES string of the molecule is CCCCCCC1CCCC(=C\c2ccccc2OC)/C1=N/OCCN(CC)CC.Cl. The number of benzene rings is 1. The van der Waals surface area contributed by atoms with Crippen molar-refractivity contribution in [3.8, 4) is 5.75 Å². The highest BCUT2D eigenvalue weighted by Gasteiger charge is 2.25. The molecule has 1 aliphatic carbocycles. The summed E-state index contributed by atoms with van der Waals surface area (Å²) < 4.78 is 5.57. The lowest BCUT2D eigenvalue weighted by molar-refractivity contribution is 0.112. The summed E-state index contributed by atoms with van der Waals surface area (Å²) in [5.74, 6) is 1.42. The van der Waals surface area contributed by atoms with Crippen molar-refractivity contribution < 1.29 is 9.57 Å². The Hall–Kier alpha value is -1.52. The summed E-state index contributed by atoms with van der Waals surface area (Å²) in [6.45, 7) is 10.3. The van der Waals surface area contributed by atoms with Gasteiger partial charge in [-0.2, -0.15) is 0 Å². The summed E-state index contributed by atoms with van der Waals surface area (Å²) in [4.78, 5) is 8.23. The predicted molar refractivity (Wildman–Crippen MR) is 135 cm³/mol. The molecule has 0 bridgehead atoms. The predicted octanol–water partition coefficient (Wildman–Crippen LogP) is 6.99. The summed E-state index contributed by atoms with van der Waals surface area (Å²) in [6, 6.07) is 8.23. The van der Waals surface area contributed by atoms with Gasteiger partial charge >= 0.3 is 0 Å². The molecule has 0 N–H and O–H groups in total. The van der Waals surface area contributed by atoms with E-state index < -0.39 is 0 Å². The second-order valence-electron chi connectivity index (χ2n) is 8.19. The van der Waals surface area contributed by atoms with Crippen LogP contribution in [-0.4, -0.2) is 44.0 Å². The summed E-state index contributed by atoms with van der Waals surface area (Å²) in [6.07, 6.45) is 12.2. The fraction of sp³-hybridized carbons (Fsp3) is 0.654. The number of para-hydroxylation sites is 1. The van der Waals surface area contributed by atoms with Gasteiger partial charge in [-0.15, -0.1) is 12.4 Å². The molecule has 5 heteroatoms. The van der Waals surface area contributed by atoms with Crippen molar-refractivity contribution in [1.82, 2.24) is 4.90 Å². The summed E-state index contributed by atoms with van der Waals surface area (Å²) in [7, 11) is 1.74. The molecule has 0 amide bonds. The van der Waals surface area contributed by atoms with Crippen molar-refractivity contribution >= 4 is 24.2 Å². The van der Waals surface area contributed by atoms with E-state index in [1.807, 2.05) is 12.1 Å². The Kier molecular flexibility index (Phi) is 14.3. The minimum Gasteiger partial charge on any atom is -0.496 e. The van der Waals surface area contributed by atoms with Crippen LogP contribution in [0.2, 0.25) is 0 Å². The van der Waals surface area contributed by atoms with E-state index in [9.17, 15) is 0 Å². The molecule has 0 saturated heterocycles. The van der Waals surface area contributed by atoms with Crippen molar-refractivity contribution in [2.75, 3.05) is 33.4 Å². The zero-order valence-electron chi connectivity index (χ0n) is 20.1. The lowest BCUT2D eigenvalue weighted by Gasteiger charge is -2.26. The minimum absolute atomic E-state index is 0. The first kappa shape index (κ1) is 27.5. The minimum atomic E-state index is 0. The van der Waals surface area contributed by atoms with Crippen molar-refractivity contribution in [2.24, 2.45) is 11.1 Å². The van der Waals surface area contributed by atoms with Gasteiger partial charge in [0.25, 0.3) is 0 Å². The molecular weight excluding hydrogens is 408 g/mol. The molecule has 1 fully saturated rings. The lowest BCUT2D eigenvalue weighted by atomic mass is 9.80. The normalized spacial score (nSPS) is 18.9. The number of unbranched alkanes of at least 4 members (excludes halogenated alkanes) is 3. The van der Waals surface area contributed by atoms with Crippen molar-refractivity contribution in [3.05, 3.63) is 35.4 Å². The third-order valence-corrected chi connectivity index (χ3v) is 6.15. The van der Waals surface area contributed by atoms with Gasteiger partial charge in [0.2, 0.25) is 0 Å². The molecule has 1 atom stereocenters. The van der Waals surface area contributed by atoms with Crippen molar-refractivity contribution in [3.63, 3.8) is 0 Å². The van der Waals surface area contributed by atoms with Gasteiger partial charge in [-0.3, -0.25) is 0 Å². The Morgan fingerprint density at radius 3 is 2.58 bits per heavy atom. The maximum atomic E-state index is 5.86. The molecule has 1 aliphatic rings. The Morgan fingerprint density at radius 1 is 1.10 bits per heavy atom. The summed E-state index contributed by atoms with van der Waals surface area (Å²) >= 11 is 0. The number of rotatable bonds is 13. The molecule has 0 spiro atoms. The van der Waals surface area contributed by atoms with Crippen LogP contribution in [0.25, 0.3) is 6.08 Å². The highest BCUT2D eigenvalue weighted by Crippen LogP contribution is 2.33. The van der Waals surface area contributed by atoms with Crippen LogP contribution in [0, 0.1) is 5.92 Å².